The molecule has 0 aliphatic carbocycles. The first-order valence-corrected chi connectivity index (χ1v) is 7.29. The summed E-state index contributed by atoms with van der Waals surface area (Å²) in [6.07, 6.45) is 2.18. The Morgan fingerprint density at radius 3 is 2.67 bits per heavy atom. The van der Waals surface area contributed by atoms with Gasteiger partial charge in [0, 0.05) is 18.5 Å². The first kappa shape index (κ1) is 14.1. The van der Waals surface area contributed by atoms with Crippen molar-refractivity contribution >= 4 is 11.9 Å². The number of methoxy groups -OCH3 is 1. The van der Waals surface area contributed by atoms with Crippen molar-refractivity contribution in [2.75, 3.05) is 7.11 Å². The van der Waals surface area contributed by atoms with Gasteiger partial charge in [0.2, 0.25) is 0 Å². The van der Waals surface area contributed by atoms with Crippen LogP contribution in [-0.2, 0) is 14.3 Å². The maximum absolute atomic E-state index is 12.2. The van der Waals surface area contributed by atoms with Crippen LogP contribution in [0.1, 0.15) is 29.6 Å². The number of nitrogens with one attached hydrogen (secondary N) is 1. The van der Waals surface area contributed by atoms with Crippen molar-refractivity contribution in [3.05, 3.63) is 35.9 Å². The second-order valence-corrected chi connectivity index (χ2v) is 5.64. The molecule has 2 aliphatic rings. The molecule has 5 heteroatoms. The largest absolute Gasteiger partial charge is 0.469 e. The van der Waals surface area contributed by atoms with Crippen LogP contribution in [0.3, 0.4) is 0 Å². The van der Waals surface area contributed by atoms with E-state index < -0.39 is 12.0 Å². The second-order valence-electron chi connectivity index (χ2n) is 5.64. The number of esters is 2. The fraction of sp³-hybridized carbons (Fsp3) is 0.500. The Morgan fingerprint density at radius 2 is 1.95 bits per heavy atom. The van der Waals surface area contributed by atoms with Gasteiger partial charge >= 0.3 is 11.9 Å². The lowest BCUT2D eigenvalue weighted by Crippen LogP contribution is -2.53. The predicted molar refractivity (Wildman–Crippen MR) is 75.7 cm³/mol. The number of fused-ring (bicyclic) bond motifs is 2. The van der Waals surface area contributed by atoms with E-state index >= 15 is 0 Å². The number of piperidine rings is 1. The molecule has 0 saturated carbocycles. The lowest BCUT2D eigenvalue weighted by Gasteiger charge is -2.35. The molecule has 0 amide bonds. The number of carbonyl (C=O) groups is 2. The lowest BCUT2D eigenvalue weighted by atomic mass is 9.89. The van der Waals surface area contributed by atoms with E-state index in [-0.39, 0.29) is 18.0 Å². The molecule has 2 aliphatic heterocycles. The maximum atomic E-state index is 12.2. The number of rotatable bonds is 3. The lowest BCUT2D eigenvalue weighted by molar-refractivity contribution is -0.152. The average Bonchev–Trinajstić information content (AvgIpc) is 2.89. The summed E-state index contributed by atoms with van der Waals surface area (Å²) in [7, 11) is 1.37. The molecule has 4 atom stereocenters. The zero-order valence-electron chi connectivity index (χ0n) is 12.0. The first-order valence-electron chi connectivity index (χ1n) is 7.29. The summed E-state index contributed by atoms with van der Waals surface area (Å²) in [6, 6.07) is 9.23. The van der Waals surface area contributed by atoms with E-state index in [9.17, 15) is 9.59 Å². The molecule has 2 saturated heterocycles. The van der Waals surface area contributed by atoms with Gasteiger partial charge in [0.1, 0.15) is 12.0 Å². The van der Waals surface area contributed by atoms with Crippen LogP contribution < -0.4 is 5.32 Å². The highest BCUT2D eigenvalue weighted by atomic mass is 16.6. The number of ether oxygens (including phenoxy) is 2. The molecular weight excluding hydrogens is 270 g/mol. The standard InChI is InChI=1S/C16H19NO4/c1-20-16(19)14-12-8-7-11(17-12)9-13(14)21-15(18)10-5-3-2-4-6-10/h2-6,11-14,17H,7-9H2,1H3/t11-,12+,13?,14?/m1/s1. The summed E-state index contributed by atoms with van der Waals surface area (Å²) in [5.74, 6) is -1.10. The molecule has 112 valence electrons. The molecule has 1 aromatic rings. The molecule has 2 heterocycles. The Bertz CT molecular complexity index is 530. The van der Waals surface area contributed by atoms with Crippen LogP contribution in [0.4, 0.5) is 0 Å². The van der Waals surface area contributed by atoms with E-state index in [0.717, 1.165) is 12.8 Å². The van der Waals surface area contributed by atoms with Gasteiger partial charge in [0.05, 0.1) is 12.7 Å². The molecule has 2 unspecified atom stereocenters. The van der Waals surface area contributed by atoms with E-state index in [4.69, 9.17) is 9.47 Å². The molecule has 21 heavy (non-hydrogen) atoms. The third kappa shape index (κ3) is 2.78. The quantitative estimate of drug-likeness (QED) is 0.855. The number of hydrogen-bond donors (Lipinski definition) is 1. The topological polar surface area (TPSA) is 64.6 Å². The Morgan fingerprint density at radius 1 is 1.19 bits per heavy atom. The highest BCUT2D eigenvalue weighted by Crippen LogP contribution is 2.34. The van der Waals surface area contributed by atoms with Crippen molar-refractivity contribution in [1.82, 2.24) is 5.32 Å². The Kier molecular flexibility index (Phi) is 3.92. The van der Waals surface area contributed by atoms with Gasteiger partial charge in [-0.3, -0.25) is 4.79 Å². The third-order valence-electron chi connectivity index (χ3n) is 4.37. The van der Waals surface area contributed by atoms with E-state index in [1.165, 1.54) is 7.11 Å². The van der Waals surface area contributed by atoms with E-state index in [0.29, 0.717) is 18.0 Å². The van der Waals surface area contributed by atoms with Crippen molar-refractivity contribution in [3.8, 4) is 0 Å². The fourth-order valence-electron chi connectivity index (χ4n) is 3.36. The van der Waals surface area contributed by atoms with Crippen LogP contribution in [0.25, 0.3) is 0 Å². The van der Waals surface area contributed by atoms with Gasteiger partial charge < -0.3 is 14.8 Å². The predicted octanol–water partition coefficient (Wildman–Crippen LogP) is 1.53. The van der Waals surface area contributed by atoms with Crippen LogP contribution >= 0.6 is 0 Å². The molecule has 1 aromatic carbocycles. The summed E-state index contributed by atoms with van der Waals surface area (Å²) in [6.45, 7) is 0. The highest BCUT2D eigenvalue weighted by Gasteiger charge is 2.47. The zero-order valence-corrected chi connectivity index (χ0v) is 12.0. The van der Waals surface area contributed by atoms with Gasteiger partial charge in [0.25, 0.3) is 0 Å². The second kappa shape index (κ2) is 5.85. The Labute approximate surface area is 123 Å². The first-order chi connectivity index (χ1) is 10.2. The van der Waals surface area contributed by atoms with Crippen LogP contribution in [0, 0.1) is 5.92 Å². The maximum Gasteiger partial charge on any atom is 0.338 e. The van der Waals surface area contributed by atoms with Crippen LogP contribution in [-0.4, -0.2) is 37.2 Å². The van der Waals surface area contributed by atoms with E-state index in [1.807, 2.05) is 6.07 Å². The van der Waals surface area contributed by atoms with Gasteiger partial charge in [-0.15, -0.1) is 0 Å². The minimum atomic E-state index is -0.415. The molecule has 2 bridgehead atoms. The molecular formula is C16H19NO4. The molecule has 0 spiro atoms. The summed E-state index contributed by atoms with van der Waals surface area (Å²) < 4.78 is 10.5. The summed E-state index contributed by atoms with van der Waals surface area (Å²) in [4.78, 5) is 24.2. The number of benzene rings is 1. The molecule has 1 N–H and O–H groups in total. The van der Waals surface area contributed by atoms with Gasteiger partial charge in [0.15, 0.2) is 0 Å². The number of hydrogen-bond acceptors (Lipinski definition) is 5. The summed E-state index contributed by atoms with van der Waals surface area (Å²) in [5, 5.41) is 3.41. The smallest absolute Gasteiger partial charge is 0.338 e. The Hall–Kier alpha value is -1.88. The van der Waals surface area contributed by atoms with Gasteiger partial charge in [-0.2, -0.15) is 0 Å². The summed E-state index contributed by atoms with van der Waals surface area (Å²) >= 11 is 0. The van der Waals surface area contributed by atoms with Crippen molar-refractivity contribution in [1.29, 1.82) is 0 Å². The minimum absolute atomic E-state index is 0.0461. The average molecular weight is 289 g/mol. The molecule has 0 aromatic heterocycles. The summed E-state index contributed by atoms with van der Waals surface area (Å²) in [5.41, 5.74) is 0.506. The molecule has 5 nitrogen and oxygen atoms in total. The SMILES string of the molecule is COC(=O)C1C(OC(=O)c2ccccc2)C[C@H]2CC[C@@H]1N2. The van der Waals surface area contributed by atoms with Crippen molar-refractivity contribution in [2.45, 2.75) is 37.5 Å². The van der Waals surface area contributed by atoms with Crippen molar-refractivity contribution < 1.29 is 19.1 Å². The van der Waals surface area contributed by atoms with Crippen LogP contribution in [0.5, 0.6) is 0 Å². The molecule has 2 fully saturated rings. The minimum Gasteiger partial charge on any atom is -0.469 e. The zero-order chi connectivity index (χ0) is 14.8. The van der Waals surface area contributed by atoms with Crippen molar-refractivity contribution in [3.63, 3.8) is 0 Å². The molecule has 0 radical (unpaired) electrons. The van der Waals surface area contributed by atoms with Gasteiger partial charge in [-0.05, 0) is 25.0 Å². The number of carbonyl (C=O) groups excluding carboxylic acids is 2. The van der Waals surface area contributed by atoms with E-state index in [1.54, 1.807) is 24.3 Å². The Balaban J connectivity index is 1.76. The van der Waals surface area contributed by atoms with Crippen LogP contribution in [0.2, 0.25) is 0 Å². The third-order valence-corrected chi connectivity index (χ3v) is 4.37. The normalized spacial score (nSPS) is 30.7. The van der Waals surface area contributed by atoms with E-state index in [2.05, 4.69) is 5.32 Å². The highest BCUT2D eigenvalue weighted by molar-refractivity contribution is 5.89. The van der Waals surface area contributed by atoms with Gasteiger partial charge in [-0.25, -0.2) is 4.79 Å². The van der Waals surface area contributed by atoms with Gasteiger partial charge in [-0.1, -0.05) is 18.2 Å². The fourth-order valence-corrected chi connectivity index (χ4v) is 3.36. The molecule has 3 rings (SSSR count). The van der Waals surface area contributed by atoms with Crippen LogP contribution in [0.15, 0.2) is 30.3 Å². The monoisotopic (exact) mass is 289 g/mol. The van der Waals surface area contributed by atoms with Crippen molar-refractivity contribution in [2.24, 2.45) is 5.92 Å².